The van der Waals surface area contributed by atoms with Gasteiger partial charge in [0.05, 0.1) is 42.8 Å². The van der Waals surface area contributed by atoms with Crippen molar-refractivity contribution in [1.29, 1.82) is 0 Å². The number of aromatic nitrogens is 2. The molecule has 0 fully saturated rings. The second kappa shape index (κ2) is 11.6. The van der Waals surface area contributed by atoms with Crippen LogP contribution in [0.4, 0.5) is 5.95 Å². The third kappa shape index (κ3) is 5.98. The number of aliphatic hydroxyl groups excluding tert-OH is 2. The first-order chi connectivity index (χ1) is 18.6. The number of benzene rings is 2. The summed E-state index contributed by atoms with van der Waals surface area (Å²) in [7, 11) is 1.57. The lowest BCUT2D eigenvalue weighted by Gasteiger charge is -2.32. The molecule has 0 spiro atoms. The molecule has 0 saturated carbocycles. The van der Waals surface area contributed by atoms with Crippen LogP contribution in [-0.4, -0.2) is 69.3 Å². The van der Waals surface area contributed by atoms with Crippen molar-refractivity contribution in [3.8, 4) is 17.0 Å². The number of amides is 2. The molecule has 39 heavy (non-hydrogen) atoms. The van der Waals surface area contributed by atoms with Crippen LogP contribution in [0.25, 0.3) is 11.3 Å². The zero-order valence-electron chi connectivity index (χ0n) is 22.2. The van der Waals surface area contributed by atoms with Gasteiger partial charge in [0.1, 0.15) is 11.8 Å². The Hall–Kier alpha value is -3.73. The third-order valence-electron chi connectivity index (χ3n) is 6.69. The normalized spacial score (nSPS) is 14.5. The average Bonchev–Trinajstić information content (AvgIpc) is 3.25. The van der Waals surface area contributed by atoms with Gasteiger partial charge in [-0.2, -0.15) is 0 Å². The van der Waals surface area contributed by atoms with Crippen molar-refractivity contribution in [1.82, 2.24) is 20.2 Å². The minimum Gasteiger partial charge on any atom is -0.497 e. The van der Waals surface area contributed by atoms with Crippen molar-refractivity contribution < 1.29 is 24.5 Å². The fraction of sp³-hybridized carbons (Fsp3) is 0.357. The van der Waals surface area contributed by atoms with E-state index in [-0.39, 0.29) is 25.1 Å². The number of rotatable bonds is 10. The van der Waals surface area contributed by atoms with Gasteiger partial charge in [-0.15, -0.1) is 0 Å². The molecule has 0 radical (unpaired) electrons. The summed E-state index contributed by atoms with van der Waals surface area (Å²) in [4.78, 5) is 36.8. The number of fused-ring (bicyclic) bond motifs is 1. The molecule has 2 heterocycles. The number of ether oxygens (including phenoxy) is 1. The molecule has 0 aliphatic carbocycles. The van der Waals surface area contributed by atoms with E-state index < -0.39 is 24.1 Å². The maximum atomic E-state index is 13.5. The lowest BCUT2D eigenvalue weighted by Crippen LogP contribution is -2.53. The van der Waals surface area contributed by atoms with Gasteiger partial charge >= 0.3 is 0 Å². The number of nitrogens with zero attached hydrogens (tertiary/aromatic N) is 3. The zero-order chi connectivity index (χ0) is 28.3. The molecule has 1 aliphatic rings. The van der Waals surface area contributed by atoms with Gasteiger partial charge in [0, 0.05) is 23.7 Å². The van der Waals surface area contributed by atoms with E-state index in [1.54, 1.807) is 32.2 Å². The number of carbonyl (C=O) groups excluding carboxylic acids is 2. The molecule has 2 atom stereocenters. The summed E-state index contributed by atoms with van der Waals surface area (Å²) in [5, 5.41) is 25.7. The van der Waals surface area contributed by atoms with E-state index in [9.17, 15) is 19.8 Å². The van der Waals surface area contributed by atoms with Gasteiger partial charge in [0.25, 0.3) is 5.91 Å². The summed E-state index contributed by atoms with van der Waals surface area (Å²) in [5.41, 5.74) is 2.17. The van der Waals surface area contributed by atoms with E-state index in [0.717, 1.165) is 11.1 Å². The van der Waals surface area contributed by atoms with E-state index in [1.165, 1.54) is 11.1 Å². The SMILES string of the molecule is COc1cccc(C(C)(C)NC(=O)[C@@H](CO)N2Cc3ccc(-c4nc(N[C@@H](C)CO)ncc4Cl)cc3C2=O)c1. The number of hydrogen-bond donors (Lipinski definition) is 4. The Labute approximate surface area is 232 Å². The van der Waals surface area contributed by atoms with Gasteiger partial charge in [-0.25, -0.2) is 9.97 Å². The third-order valence-corrected chi connectivity index (χ3v) is 6.96. The van der Waals surface area contributed by atoms with Gasteiger partial charge < -0.3 is 30.5 Å². The fourth-order valence-electron chi connectivity index (χ4n) is 4.43. The van der Waals surface area contributed by atoms with Crippen molar-refractivity contribution >= 4 is 29.4 Å². The molecule has 1 aliphatic heterocycles. The monoisotopic (exact) mass is 553 g/mol. The molecule has 4 N–H and O–H groups in total. The highest BCUT2D eigenvalue weighted by Crippen LogP contribution is 2.33. The highest BCUT2D eigenvalue weighted by Gasteiger charge is 2.38. The molecular formula is C28H32ClN5O5. The molecule has 0 saturated heterocycles. The molecular weight excluding hydrogens is 522 g/mol. The number of carbonyl (C=O) groups is 2. The minimum absolute atomic E-state index is 0.0964. The number of anilines is 1. The topological polar surface area (TPSA) is 137 Å². The lowest BCUT2D eigenvalue weighted by molar-refractivity contribution is -0.128. The molecule has 3 aromatic rings. The van der Waals surface area contributed by atoms with Crippen LogP contribution in [0.1, 0.15) is 42.3 Å². The molecule has 2 aromatic carbocycles. The Kier molecular flexibility index (Phi) is 8.39. The average molecular weight is 554 g/mol. The van der Waals surface area contributed by atoms with Gasteiger partial charge in [0.2, 0.25) is 11.9 Å². The van der Waals surface area contributed by atoms with Crippen molar-refractivity contribution in [2.45, 2.75) is 44.9 Å². The van der Waals surface area contributed by atoms with Crippen molar-refractivity contribution in [3.63, 3.8) is 0 Å². The molecule has 4 rings (SSSR count). The van der Waals surface area contributed by atoms with Crippen LogP contribution in [0.5, 0.6) is 5.75 Å². The van der Waals surface area contributed by atoms with E-state index in [0.29, 0.717) is 33.5 Å². The molecule has 0 bridgehead atoms. The fourth-order valence-corrected chi connectivity index (χ4v) is 4.63. The Bertz CT molecular complexity index is 1380. The second-order valence-corrected chi connectivity index (χ2v) is 10.4. The van der Waals surface area contributed by atoms with Crippen molar-refractivity contribution in [3.05, 3.63) is 70.4 Å². The number of halogens is 1. The molecule has 10 nitrogen and oxygen atoms in total. The number of hydrogen-bond acceptors (Lipinski definition) is 8. The Balaban J connectivity index is 1.55. The zero-order valence-corrected chi connectivity index (χ0v) is 23.0. The van der Waals surface area contributed by atoms with Crippen LogP contribution in [0.3, 0.4) is 0 Å². The molecule has 0 unspecified atom stereocenters. The quantitative estimate of drug-likeness (QED) is 0.301. The highest BCUT2D eigenvalue weighted by atomic mass is 35.5. The van der Waals surface area contributed by atoms with Crippen molar-refractivity contribution in [2.75, 3.05) is 25.6 Å². The summed E-state index contributed by atoms with van der Waals surface area (Å²) in [6, 6.07) is 11.3. The van der Waals surface area contributed by atoms with Gasteiger partial charge in [-0.1, -0.05) is 35.9 Å². The first-order valence-electron chi connectivity index (χ1n) is 12.5. The van der Waals surface area contributed by atoms with Crippen LogP contribution >= 0.6 is 11.6 Å². The van der Waals surface area contributed by atoms with Crippen molar-refractivity contribution in [2.24, 2.45) is 0 Å². The minimum atomic E-state index is -1.09. The van der Waals surface area contributed by atoms with Gasteiger partial charge in [-0.05, 0) is 50.1 Å². The second-order valence-electron chi connectivity index (χ2n) is 9.97. The molecule has 11 heteroatoms. The standard InChI is InChI=1S/C28H32ClN5O5/c1-16(14-35)31-27-30-12-22(29)24(32-27)17-8-9-18-13-34(26(38)21(18)10-17)23(15-36)25(37)33-28(2,3)19-6-5-7-20(11-19)39-4/h5-12,16,23,35-36H,13-15H2,1-4H3,(H,33,37)(H,30,31,32)/t16-,23+/m0/s1. The van der Waals surface area contributed by atoms with Crippen LogP contribution in [-0.2, 0) is 16.9 Å². The summed E-state index contributed by atoms with van der Waals surface area (Å²) in [6.45, 7) is 5.01. The van der Waals surface area contributed by atoms with Crippen LogP contribution in [0.2, 0.25) is 5.02 Å². The molecule has 206 valence electrons. The predicted octanol–water partition coefficient (Wildman–Crippen LogP) is 2.97. The maximum absolute atomic E-state index is 13.5. The largest absolute Gasteiger partial charge is 0.497 e. The molecule has 1 aromatic heterocycles. The number of methoxy groups -OCH3 is 1. The summed E-state index contributed by atoms with van der Waals surface area (Å²) >= 11 is 6.37. The first-order valence-corrected chi connectivity index (χ1v) is 12.9. The summed E-state index contributed by atoms with van der Waals surface area (Å²) in [6.07, 6.45) is 1.45. The van der Waals surface area contributed by atoms with E-state index >= 15 is 0 Å². The first kappa shape index (κ1) is 28.3. The number of nitrogens with one attached hydrogen (secondary N) is 2. The van der Waals surface area contributed by atoms with E-state index in [1.807, 2.05) is 38.1 Å². The summed E-state index contributed by atoms with van der Waals surface area (Å²) < 4.78 is 5.30. The van der Waals surface area contributed by atoms with Crippen LogP contribution in [0, 0.1) is 0 Å². The number of aliphatic hydroxyl groups is 2. The van der Waals surface area contributed by atoms with Crippen LogP contribution < -0.4 is 15.4 Å². The van der Waals surface area contributed by atoms with Gasteiger partial charge in [-0.3, -0.25) is 9.59 Å². The van der Waals surface area contributed by atoms with E-state index in [4.69, 9.17) is 16.3 Å². The van der Waals surface area contributed by atoms with E-state index in [2.05, 4.69) is 20.6 Å². The van der Waals surface area contributed by atoms with Crippen LogP contribution in [0.15, 0.2) is 48.7 Å². The molecule has 2 amide bonds. The highest BCUT2D eigenvalue weighted by molar-refractivity contribution is 6.33. The Morgan fingerprint density at radius 3 is 2.67 bits per heavy atom. The van der Waals surface area contributed by atoms with Gasteiger partial charge in [0.15, 0.2) is 0 Å². The smallest absolute Gasteiger partial charge is 0.255 e. The predicted molar refractivity (Wildman–Crippen MR) is 148 cm³/mol. The maximum Gasteiger partial charge on any atom is 0.255 e. The Morgan fingerprint density at radius 2 is 1.97 bits per heavy atom. The Morgan fingerprint density at radius 1 is 1.21 bits per heavy atom. The summed E-state index contributed by atoms with van der Waals surface area (Å²) in [5.74, 6) is 0.0982. The lowest BCUT2D eigenvalue weighted by atomic mass is 9.93.